The van der Waals surface area contributed by atoms with Crippen LogP contribution in [-0.4, -0.2) is 66.2 Å². The van der Waals surface area contributed by atoms with E-state index >= 15 is 0 Å². The topological polar surface area (TPSA) is 55.8 Å². The van der Waals surface area contributed by atoms with Gasteiger partial charge in [-0.1, -0.05) is 30.3 Å². The van der Waals surface area contributed by atoms with Crippen LogP contribution in [-0.2, 0) is 4.79 Å². The largest absolute Gasteiger partial charge is 0.380 e. The maximum atomic E-state index is 13.3. The van der Waals surface area contributed by atoms with Crippen LogP contribution in [0.25, 0.3) is 0 Å². The van der Waals surface area contributed by atoms with Gasteiger partial charge in [0, 0.05) is 38.6 Å². The van der Waals surface area contributed by atoms with Gasteiger partial charge in [-0.05, 0) is 31.4 Å². The number of carbonyl (C=O) groups excluding carboxylic acids is 1. The molecule has 0 aliphatic carbocycles. The Bertz CT molecular complexity index is 598. The molecule has 3 fully saturated rings. The maximum absolute atomic E-state index is 13.3. The molecule has 0 spiro atoms. The summed E-state index contributed by atoms with van der Waals surface area (Å²) in [6.45, 7) is 4.24. The van der Waals surface area contributed by atoms with Gasteiger partial charge in [-0.15, -0.1) is 0 Å². The highest BCUT2D eigenvalue weighted by Crippen LogP contribution is 2.44. The molecule has 1 amide bonds. The minimum Gasteiger partial charge on any atom is -0.380 e. The molecule has 0 bridgehead atoms. The van der Waals surface area contributed by atoms with Crippen molar-refractivity contribution in [3.8, 4) is 0 Å². The number of nitrogens with one attached hydrogen (secondary N) is 1. The average molecular weight is 329 g/mol. The summed E-state index contributed by atoms with van der Waals surface area (Å²) in [5.74, 6) is 0.888. The van der Waals surface area contributed by atoms with Crippen molar-refractivity contribution < 1.29 is 9.90 Å². The second-order valence-corrected chi connectivity index (χ2v) is 7.73. The molecular weight excluding hydrogens is 302 g/mol. The van der Waals surface area contributed by atoms with Crippen LogP contribution >= 0.6 is 0 Å². The third kappa shape index (κ3) is 2.65. The zero-order valence-corrected chi connectivity index (χ0v) is 14.3. The summed E-state index contributed by atoms with van der Waals surface area (Å²) in [4.78, 5) is 17.4. The Balaban J connectivity index is 1.62. The van der Waals surface area contributed by atoms with E-state index in [4.69, 9.17) is 0 Å². The third-order valence-electron chi connectivity index (χ3n) is 6.18. The quantitative estimate of drug-likeness (QED) is 0.845. The van der Waals surface area contributed by atoms with Crippen LogP contribution in [0.1, 0.15) is 24.4 Å². The number of hydrogen-bond acceptors (Lipinski definition) is 4. The van der Waals surface area contributed by atoms with E-state index in [1.165, 1.54) is 5.56 Å². The first-order valence-corrected chi connectivity index (χ1v) is 9.06. The number of nitrogens with zero attached hydrogens (tertiary/aromatic N) is 2. The molecule has 2 N–H and O–H groups in total. The van der Waals surface area contributed by atoms with Crippen molar-refractivity contribution in [2.24, 2.45) is 11.8 Å². The minimum absolute atomic E-state index is 0.0566. The van der Waals surface area contributed by atoms with Crippen molar-refractivity contribution in [3.63, 3.8) is 0 Å². The van der Waals surface area contributed by atoms with E-state index < -0.39 is 5.60 Å². The third-order valence-corrected chi connectivity index (χ3v) is 6.18. The molecule has 0 unspecified atom stereocenters. The summed E-state index contributed by atoms with van der Waals surface area (Å²) in [6.07, 6.45) is 1.07. The Morgan fingerprint density at radius 2 is 1.92 bits per heavy atom. The van der Waals surface area contributed by atoms with Gasteiger partial charge in [0.15, 0.2) is 0 Å². The fourth-order valence-corrected chi connectivity index (χ4v) is 4.68. The molecule has 0 saturated carbocycles. The van der Waals surface area contributed by atoms with Crippen LogP contribution in [0, 0.1) is 11.8 Å². The van der Waals surface area contributed by atoms with Gasteiger partial charge in [-0.3, -0.25) is 4.79 Å². The number of piperidine rings is 1. The summed E-state index contributed by atoms with van der Waals surface area (Å²) >= 11 is 0. The second-order valence-electron chi connectivity index (χ2n) is 7.73. The maximum Gasteiger partial charge on any atom is 0.255 e. The molecule has 0 radical (unpaired) electrons. The minimum atomic E-state index is -1.19. The molecule has 3 aliphatic rings. The zero-order valence-electron chi connectivity index (χ0n) is 14.3. The van der Waals surface area contributed by atoms with Crippen molar-refractivity contribution in [1.82, 2.24) is 15.1 Å². The molecule has 1 aromatic rings. The number of aliphatic hydroxyl groups is 1. The predicted molar refractivity (Wildman–Crippen MR) is 92.4 cm³/mol. The average Bonchev–Trinajstić information content (AvgIpc) is 3.18. The van der Waals surface area contributed by atoms with E-state index in [0.29, 0.717) is 24.7 Å². The molecule has 3 atom stereocenters. The fourth-order valence-electron chi connectivity index (χ4n) is 4.68. The van der Waals surface area contributed by atoms with Gasteiger partial charge < -0.3 is 20.2 Å². The van der Waals surface area contributed by atoms with Gasteiger partial charge in [0.05, 0.1) is 6.04 Å². The van der Waals surface area contributed by atoms with Crippen molar-refractivity contribution in [2.45, 2.75) is 24.5 Å². The number of likely N-dealkylation sites (tertiary alicyclic amines) is 2. The Morgan fingerprint density at radius 1 is 1.21 bits per heavy atom. The highest BCUT2D eigenvalue weighted by atomic mass is 16.3. The first-order valence-electron chi connectivity index (χ1n) is 9.06. The highest BCUT2D eigenvalue weighted by Gasteiger charge is 2.51. The van der Waals surface area contributed by atoms with Gasteiger partial charge >= 0.3 is 0 Å². The lowest BCUT2D eigenvalue weighted by Gasteiger charge is -2.40. The second kappa shape index (κ2) is 6.14. The van der Waals surface area contributed by atoms with Gasteiger partial charge in [0.1, 0.15) is 5.60 Å². The van der Waals surface area contributed by atoms with E-state index in [1.54, 1.807) is 0 Å². The van der Waals surface area contributed by atoms with E-state index in [0.717, 1.165) is 32.7 Å². The molecule has 4 rings (SSSR count). The number of amides is 1. The molecule has 130 valence electrons. The van der Waals surface area contributed by atoms with Gasteiger partial charge in [-0.25, -0.2) is 0 Å². The molecule has 1 aromatic carbocycles. The standard InChI is InChI=1S/C19H27N3O2/c1-21-9-7-19(24,8-10-21)18(23)22-13-15-11-20-12-16(15)17(22)14-5-3-2-4-6-14/h2-6,15-17,20,24H,7-13H2,1H3/t15-,16-,17+/m0/s1. The predicted octanol–water partition coefficient (Wildman–Crippen LogP) is 0.862. The van der Waals surface area contributed by atoms with Crippen LogP contribution in [0.5, 0.6) is 0 Å². The first kappa shape index (κ1) is 16.1. The molecule has 0 aromatic heterocycles. The lowest BCUT2D eigenvalue weighted by Crippen LogP contribution is -2.54. The van der Waals surface area contributed by atoms with E-state index in [9.17, 15) is 9.90 Å². The van der Waals surface area contributed by atoms with Gasteiger partial charge in [0.2, 0.25) is 0 Å². The van der Waals surface area contributed by atoms with Crippen molar-refractivity contribution in [1.29, 1.82) is 0 Å². The summed E-state index contributed by atoms with van der Waals surface area (Å²) in [6, 6.07) is 10.4. The number of rotatable bonds is 2. The monoisotopic (exact) mass is 329 g/mol. The van der Waals surface area contributed by atoms with Crippen LogP contribution in [0.15, 0.2) is 30.3 Å². The van der Waals surface area contributed by atoms with Crippen molar-refractivity contribution >= 4 is 5.91 Å². The number of carbonyl (C=O) groups is 1. The summed E-state index contributed by atoms with van der Waals surface area (Å²) in [5, 5.41) is 14.5. The highest BCUT2D eigenvalue weighted by molar-refractivity contribution is 5.86. The summed E-state index contributed by atoms with van der Waals surface area (Å²) in [7, 11) is 2.04. The molecule has 5 nitrogen and oxygen atoms in total. The summed E-state index contributed by atoms with van der Waals surface area (Å²) < 4.78 is 0. The molecule has 3 saturated heterocycles. The number of benzene rings is 1. The summed E-state index contributed by atoms with van der Waals surface area (Å²) in [5.41, 5.74) is 0.00424. The number of fused-ring (bicyclic) bond motifs is 1. The molecule has 24 heavy (non-hydrogen) atoms. The Labute approximate surface area is 143 Å². The zero-order chi connectivity index (χ0) is 16.7. The fraction of sp³-hybridized carbons (Fsp3) is 0.632. The van der Waals surface area contributed by atoms with E-state index in [2.05, 4.69) is 22.3 Å². The Kier molecular flexibility index (Phi) is 4.11. The molecule has 3 heterocycles. The molecule has 5 heteroatoms. The normalized spacial score (nSPS) is 32.8. The van der Waals surface area contributed by atoms with Crippen LogP contribution in [0.3, 0.4) is 0 Å². The van der Waals surface area contributed by atoms with Crippen LogP contribution in [0.4, 0.5) is 0 Å². The Hall–Kier alpha value is -1.43. The molecule has 3 aliphatic heterocycles. The first-order chi connectivity index (χ1) is 11.6. The van der Waals surface area contributed by atoms with Crippen molar-refractivity contribution in [3.05, 3.63) is 35.9 Å². The van der Waals surface area contributed by atoms with E-state index in [1.807, 2.05) is 30.1 Å². The van der Waals surface area contributed by atoms with E-state index in [-0.39, 0.29) is 11.9 Å². The SMILES string of the molecule is CN1CCC(O)(C(=O)N2C[C@@H]3CNC[C@@H]3[C@H]2c2ccccc2)CC1. The van der Waals surface area contributed by atoms with Crippen LogP contribution in [0.2, 0.25) is 0 Å². The number of hydrogen-bond donors (Lipinski definition) is 2. The molecular formula is C19H27N3O2. The lowest BCUT2D eigenvalue weighted by molar-refractivity contribution is -0.157. The van der Waals surface area contributed by atoms with Crippen LogP contribution < -0.4 is 5.32 Å². The van der Waals surface area contributed by atoms with Gasteiger partial charge in [0.25, 0.3) is 5.91 Å². The Morgan fingerprint density at radius 3 is 2.62 bits per heavy atom. The van der Waals surface area contributed by atoms with Crippen molar-refractivity contribution in [2.75, 3.05) is 39.8 Å². The lowest BCUT2D eigenvalue weighted by atomic mass is 9.87. The smallest absolute Gasteiger partial charge is 0.255 e. The van der Waals surface area contributed by atoms with Gasteiger partial charge in [-0.2, -0.15) is 0 Å².